The van der Waals surface area contributed by atoms with E-state index in [1.54, 1.807) is 11.8 Å². The van der Waals surface area contributed by atoms with Gasteiger partial charge in [-0.15, -0.1) is 28.7 Å². The number of nitrogens with zero attached hydrogens (tertiary/aromatic N) is 1. The van der Waals surface area contributed by atoms with Crippen molar-refractivity contribution in [1.29, 1.82) is 0 Å². The molecule has 1 aliphatic heterocycles. The summed E-state index contributed by atoms with van der Waals surface area (Å²) in [6.07, 6.45) is 18.0. The molecule has 0 saturated heterocycles. The van der Waals surface area contributed by atoms with Crippen molar-refractivity contribution in [1.82, 2.24) is 4.90 Å². The molecule has 2 aromatic carbocycles. The maximum atomic E-state index is 12.4. The van der Waals surface area contributed by atoms with Gasteiger partial charge in [-0.05, 0) is 41.7 Å². The molecule has 0 radical (unpaired) electrons. The second-order valence-corrected chi connectivity index (χ2v) is 10.9. The highest BCUT2D eigenvalue weighted by Crippen LogP contribution is 2.27. The molecule has 7 heteroatoms. The molecule has 5 nitrogen and oxygen atoms in total. The van der Waals surface area contributed by atoms with Crippen LogP contribution in [-0.2, 0) is 11.3 Å². The molecule has 1 amide bonds. The Morgan fingerprint density at radius 3 is 2.00 bits per heavy atom. The van der Waals surface area contributed by atoms with Crippen molar-refractivity contribution in [3.05, 3.63) is 65.7 Å². The molecule has 3 rings (SSSR count). The van der Waals surface area contributed by atoms with Crippen LogP contribution in [0.2, 0.25) is 0 Å². The number of rotatable bonds is 20. The highest BCUT2D eigenvalue weighted by atomic mass is 79.9. The lowest BCUT2D eigenvalue weighted by atomic mass is 10.1. The molecule has 39 heavy (non-hydrogen) atoms. The first-order valence-electron chi connectivity index (χ1n) is 14.5. The molecule has 0 saturated carbocycles. The molecule has 0 atom stereocenters. The predicted molar refractivity (Wildman–Crippen MR) is 171 cm³/mol. The minimum absolute atomic E-state index is 0. The zero-order valence-electron chi connectivity index (χ0n) is 23.6. The van der Waals surface area contributed by atoms with Crippen LogP contribution >= 0.6 is 28.7 Å². The third-order valence-corrected chi connectivity index (χ3v) is 7.49. The molecule has 0 aromatic heterocycles. The third-order valence-electron chi connectivity index (χ3n) is 6.69. The summed E-state index contributed by atoms with van der Waals surface area (Å²) in [5, 5.41) is 5.02. The molecule has 0 spiro atoms. The second-order valence-electron chi connectivity index (χ2n) is 10.0. The van der Waals surface area contributed by atoms with Gasteiger partial charge in [-0.25, -0.2) is 0 Å². The number of para-hydroxylation sites is 2. The summed E-state index contributed by atoms with van der Waals surface area (Å²) < 4.78 is 11.8. The van der Waals surface area contributed by atoms with E-state index in [0.29, 0.717) is 18.1 Å². The van der Waals surface area contributed by atoms with Gasteiger partial charge in [0.2, 0.25) is 0 Å². The maximum absolute atomic E-state index is 12.4. The van der Waals surface area contributed by atoms with E-state index in [4.69, 9.17) is 9.47 Å². The lowest BCUT2D eigenvalue weighted by Crippen LogP contribution is -2.20. The molecule has 2 aromatic rings. The van der Waals surface area contributed by atoms with E-state index in [-0.39, 0.29) is 29.5 Å². The average molecular weight is 620 g/mol. The van der Waals surface area contributed by atoms with Crippen LogP contribution in [0.5, 0.6) is 11.5 Å². The Bertz CT molecular complexity index is 955. The Balaban J connectivity index is 0.00000533. The Morgan fingerprint density at radius 1 is 0.821 bits per heavy atom. The zero-order chi connectivity index (χ0) is 26.7. The topological polar surface area (TPSA) is 50.8 Å². The number of carbonyl (C=O) groups is 1. The van der Waals surface area contributed by atoms with E-state index in [1.807, 2.05) is 48.5 Å². The number of ether oxygens (including phenoxy) is 2. The molecule has 1 N–H and O–H groups in total. The molecular formula is C32H47BrN2O3S. The van der Waals surface area contributed by atoms with Crippen molar-refractivity contribution < 1.29 is 14.3 Å². The van der Waals surface area contributed by atoms with Crippen LogP contribution < -0.4 is 14.8 Å². The number of benzene rings is 2. The van der Waals surface area contributed by atoms with Crippen LogP contribution in [0.4, 0.5) is 5.69 Å². The van der Waals surface area contributed by atoms with Crippen molar-refractivity contribution >= 4 is 40.3 Å². The fraction of sp³-hybridized carbons (Fsp3) is 0.531. The van der Waals surface area contributed by atoms with Crippen LogP contribution in [0.25, 0.3) is 0 Å². The molecule has 1 aliphatic rings. The summed E-state index contributed by atoms with van der Waals surface area (Å²) >= 11 is 1.79. The second kappa shape index (κ2) is 20.7. The molecule has 216 valence electrons. The van der Waals surface area contributed by atoms with Gasteiger partial charge >= 0.3 is 0 Å². The quantitative estimate of drug-likeness (QED) is 0.150. The van der Waals surface area contributed by atoms with Crippen molar-refractivity contribution in [3.63, 3.8) is 0 Å². The van der Waals surface area contributed by atoms with Crippen molar-refractivity contribution in [2.45, 2.75) is 90.5 Å². The van der Waals surface area contributed by atoms with E-state index in [2.05, 4.69) is 28.7 Å². The number of halogens is 1. The Hall–Kier alpha value is -2.12. The van der Waals surface area contributed by atoms with Gasteiger partial charge in [0.15, 0.2) is 18.1 Å². The smallest absolute Gasteiger partial charge is 0.262 e. The first-order chi connectivity index (χ1) is 18.7. The molecule has 0 bridgehead atoms. The summed E-state index contributed by atoms with van der Waals surface area (Å²) in [7, 11) is 0. The Labute approximate surface area is 250 Å². The van der Waals surface area contributed by atoms with Gasteiger partial charge in [0.05, 0.1) is 12.5 Å². The number of hydrogen-bond acceptors (Lipinski definition) is 5. The van der Waals surface area contributed by atoms with E-state index in [0.717, 1.165) is 24.5 Å². The summed E-state index contributed by atoms with van der Waals surface area (Å²) in [5.74, 6) is 2.10. The van der Waals surface area contributed by atoms with Gasteiger partial charge in [0.25, 0.3) is 5.91 Å². The monoisotopic (exact) mass is 618 g/mol. The van der Waals surface area contributed by atoms with Gasteiger partial charge in [-0.2, -0.15) is 0 Å². The Kier molecular flexibility index (Phi) is 17.6. The third kappa shape index (κ3) is 14.2. The minimum Gasteiger partial charge on any atom is -0.490 e. The number of thioether (sulfide) groups is 1. The molecule has 0 unspecified atom stereocenters. The first-order valence-corrected chi connectivity index (χ1v) is 15.5. The van der Waals surface area contributed by atoms with E-state index in [1.165, 1.54) is 76.2 Å². The molecule has 1 heterocycles. The highest BCUT2D eigenvalue weighted by Gasteiger charge is 2.09. The lowest BCUT2D eigenvalue weighted by molar-refractivity contribution is -0.118. The Morgan fingerprint density at radius 2 is 1.41 bits per heavy atom. The highest BCUT2D eigenvalue weighted by molar-refractivity contribution is 8.93. The van der Waals surface area contributed by atoms with Gasteiger partial charge < -0.3 is 19.7 Å². The largest absolute Gasteiger partial charge is 0.490 e. The van der Waals surface area contributed by atoms with Crippen LogP contribution in [0.1, 0.15) is 89.5 Å². The van der Waals surface area contributed by atoms with Crippen LogP contribution in [0, 0.1) is 0 Å². The fourth-order valence-electron chi connectivity index (χ4n) is 4.49. The number of unbranched alkanes of at least 4 members (excludes halogenated alkanes) is 11. The molecule has 0 aliphatic carbocycles. The number of carbonyl (C=O) groups excluding carboxylic acids is 1. The molecule has 0 fully saturated rings. The maximum Gasteiger partial charge on any atom is 0.262 e. The first kappa shape index (κ1) is 33.1. The summed E-state index contributed by atoms with van der Waals surface area (Å²) in [4.78, 5) is 14.7. The van der Waals surface area contributed by atoms with Crippen molar-refractivity contribution in [2.24, 2.45) is 0 Å². The fourth-order valence-corrected chi connectivity index (χ4v) is 5.20. The summed E-state index contributed by atoms with van der Waals surface area (Å²) in [6.45, 7) is 3.75. The number of amides is 1. The van der Waals surface area contributed by atoms with E-state index < -0.39 is 0 Å². The van der Waals surface area contributed by atoms with Gasteiger partial charge in [-0.1, -0.05) is 102 Å². The SMILES string of the molecule is Br.CCCCCCCCCCCCCCOc1ccccc1OCC(=O)Nc1ccc(CN2C=CSC2)cc1. The lowest BCUT2D eigenvalue weighted by Gasteiger charge is -2.15. The average Bonchev–Trinajstić information content (AvgIpc) is 3.45. The van der Waals surface area contributed by atoms with Crippen LogP contribution in [0.3, 0.4) is 0 Å². The van der Waals surface area contributed by atoms with E-state index in [9.17, 15) is 4.79 Å². The van der Waals surface area contributed by atoms with Gasteiger partial charge in [-0.3, -0.25) is 4.79 Å². The predicted octanol–water partition coefficient (Wildman–Crippen LogP) is 9.34. The normalized spacial score (nSPS) is 12.3. The number of hydrogen-bond donors (Lipinski definition) is 1. The van der Waals surface area contributed by atoms with E-state index >= 15 is 0 Å². The number of anilines is 1. The van der Waals surface area contributed by atoms with Crippen molar-refractivity contribution in [2.75, 3.05) is 24.4 Å². The van der Waals surface area contributed by atoms with Crippen LogP contribution in [0.15, 0.2) is 60.1 Å². The summed E-state index contributed by atoms with van der Waals surface area (Å²) in [5.41, 5.74) is 1.98. The van der Waals surface area contributed by atoms with Gasteiger partial charge in [0.1, 0.15) is 0 Å². The standard InChI is InChI=1S/C32H46N2O3S.BrH/c1-2-3-4-5-6-7-8-9-10-11-12-15-23-36-30-16-13-14-17-31(30)37-26-32(35)33-29-20-18-28(19-21-29)25-34-22-24-38-27-34;/h13-14,16-22,24H,2-12,15,23,25-27H2,1H3,(H,33,35);1H. The number of nitrogens with one attached hydrogen (secondary N) is 1. The van der Waals surface area contributed by atoms with Crippen molar-refractivity contribution in [3.8, 4) is 11.5 Å². The van der Waals surface area contributed by atoms with Gasteiger partial charge in [0, 0.05) is 18.4 Å². The zero-order valence-corrected chi connectivity index (χ0v) is 26.1. The van der Waals surface area contributed by atoms with Crippen LogP contribution in [-0.4, -0.2) is 29.9 Å². The minimum atomic E-state index is -0.188. The summed E-state index contributed by atoms with van der Waals surface area (Å²) in [6, 6.07) is 15.6. The molecular weight excluding hydrogens is 572 g/mol.